The lowest BCUT2D eigenvalue weighted by atomic mass is 9.95. The number of ether oxygens (including phenoxy) is 1. The molecular weight excluding hydrogens is 377 g/mol. The molecule has 2 fully saturated rings. The van der Waals surface area contributed by atoms with Crippen LogP contribution < -0.4 is 15.0 Å². The van der Waals surface area contributed by atoms with Crippen LogP contribution in [-0.2, 0) is 0 Å². The molecule has 30 heavy (non-hydrogen) atoms. The lowest BCUT2D eigenvalue weighted by molar-refractivity contribution is 0.225. The number of aromatic nitrogens is 1. The van der Waals surface area contributed by atoms with Crippen molar-refractivity contribution in [2.75, 3.05) is 29.9 Å². The van der Waals surface area contributed by atoms with E-state index in [1.807, 2.05) is 12.1 Å². The Hall–Kier alpha value is -2.56. The molecule has 2 aromatic rings. The molecule has 1 saturated carbocycles. The number of nitrogens with one attached hydrogen (secondary N) is 1. The van der Waals surface area contributed by atoms with Gasteiger partial charge in [0.05, 0.1) is 12.2 Å². The number of halogens is 1. The largest absolute Gasteiger partial charge is 0.489 e. The van der Waals surface area contributed by atoms with E-state index in [9.17, 15) is 4.39 Å². The highest BCUT2D eigenvalue weighted by atomic mass is 19.1. The molecule has 0 radical (unpaired) electrons. The van der Waals surface area contributed by atoms with Gasteiger partial charge in [0.1, 0.15) is 11.9 Å². The van der Waals surface area contributed by atoms with Gasteiger partial charge in [0, 0.05) is 25.7 Å². The van der Waals surface area contributed by atoms with Crippen molar-refractivity contribution in [3.8, 4) is 5.75 Å². The summed E-state index contributed by atoms with van der Waals surface area (Å²) in [6.45, 7) is 10.6. The van der Waals surface area contributed by atoms with Crippen molar-refractivity contribution in [2.24, 2.45) is 5.92 Å². The van der Waals surface area contributed by atoms with E-state index < -0.39 is 0 Å². The lowest BCUT2D eigenvalue weighted by Gasteiger charge is -2.21. The molecule has 1 N–H and O–H groups in total. The van der Waals surface area contributed by atoms with Gasteiger partial charge >= 0.3 is 0 Å². The van der Waals surface area contributed by atoms with E-state index in [1.54, 1.807) is 12.3 Å². The molecule has 1 aromatic heterocycles. The number of hydrogen-bond acceptors (Lipinski definition) is 4. The van der Waals surface area contributed by atoms with E-state index in [2.05, 4.69) is 47.8 Å². The van der Waals surface area contributed by atoms with Gasteiger partial charge in [-0.1, -0.05) is 24.6 Å². The first-order chi connectivity index (χ1) is 14.5. The Kier molecular flexibility index (Phi) is 6.26. The summed E-state index contributed by atoms with van der Waals surface area (Å²) < 4.78 is 21.1. The second-order valence-electron chi connectivity index (χ2n) is 8.92. The molecular formula is C25H32FN3O. The summed E-state index contributed by atoms with van der Waals surface area (Å²) in [4.78, 5) is 6.25. The number of benzene rings is 1. The third-order valence-corrected chi connectivity index (χ3v) is 6.02. The maximum Gasteiger partial charge on any atom is 0.188 e. The number of pyridine rings is 1. The molecule has 2 heterocycles. The van der Waals surface area contributed by atoms with Crippen molar-refractivity contribution in [1.29, 1.82) is 0 Å². The van der Waals surface area contributed by atoms with Gasteiger partial charge in [-0.3, -0.25) is 0 Å². The van der Waals surface area contributed by atoms with Gasteiger partial charge in [0.2, 0.25) is 0 Å². The van der Waals surface area contributed by atoms with Crippen LogP contribution in [0.4, 0.5) is 15.9 Å². The summed E-state index contributed by atoms with van der Waals surface area (Å²) in [7, 11) is 0. The van der Waals surface area contributed by atoms with Crippen LogP contribution in [0.3, 0.4) is 0 Å². The molecule has 2 atom stereocenters. The van der Waals surface area contributed by atoms with Crippen molar-refractivity contribution in [1.82, 2.24) is 4.98 Å². The van der Waals surface area contributed by atoms with Crippen LogP contribution in [0.5, 0.6) is 5.75 Å². The average molecular weight is 410 g/mol. The first kappa shape index (κ1) is 20.7. The molecule has 0 unspecified atom stereocenters. The van der Waals surface area contributed by atoms with Crippen molar-refractivity contribution in [2.45, 2.75) is 51.6 Å². The Morgan fingerprint density at radius 1 is 1.27 bits per heavy atom. The molecule has 0 bridgehead atoms. The van der Waals surface area contributed by atoms with Gasteiger partial charge < -0.3 is 15.0 Å². The Bertz CT molecular complexity index is 878. The first-order valence-electron chi connectivity index (χ1n) is 11.0. The Balaban J connectivity index is 1.34. The zero-order valence-electron chi connectivity index (χ0n) is 18.0. The summed E-state index contributed by atoms with van der Waals surface area (Å²) in [5.41, 5.74) is 3.10. The highest BCUT2D eigenvalue weighted by Gasteiger charge is 2.28. The van der Waals surface area contributed by atoms with Gasteiger partial charge in [0.25, 0.3) is 0 Å². The summed E-state index contributed by atoms with van der Waals surface area (Å²) in [6.07, 6.45) is 6.07. The zero-order chi connectivity index (χ0) is 21.1. The molecule has 2 aliphatic rings. The Morgan fingerprint density at radius 2 is 2.03 bits per heavy atom. The molecule has 0 spiro atoms. The maximum absolute atomic E-state index is 14.9. The van der Waals surface area contributed by atoms with Gasteiger partial charge in [-0.2, -0.15) is 0 Å². The molecule has 5 heteroatoms. The van der Waals surface area contributed by atoms with E-state index >= 15 is 0 Å². The van der Waals surface area contributed by atoms with Crippen molar-refractivity contribution < 1.29 is 9.13 Å². The van der Waals surface area contributed by atoms with Crippen LogP contribution in [0.25, 0.3) is 0 Å². The van der Waals surface area contributed by atoms with Crippen molar-refractivity contribution in [3.05, 3.63) is 60.1 Å². The fourth-order valence-corrected chi connectivity index (χ4v) is 4.12. The van der Waals surface area contributed by atoms with Crippen molar-refractivity contribution in [3.63, 3.8) is 0 Å². The normalized spacial score (nSPS) is 19.6. The minimum absolute atomic E-state index is 0.0548. The second-order valence-corrected chi connectivity index (χ2v) is 8.92. The summed E-state index contributed by atoms with van der Waals surface area (Å²) >= 11 is 0. The Morgan fingerprint density at radius 3 is 2.73 bits per heavy atom. The van der Waals surface area contributed by atoms with Gasteiger partial charge in [-0.15, -0.1) is 6.58 Å². The fraction of sp³-hybridized carbons (Fsp3) is 0.480. The predicted molar refractivity (Wildman–Crippen MR) is 121 cm³/mol. The fourth-order valence-electron chi connectivity index (χ4n) is 4.12. The van der Waals surface area contributed by atoms with E-state index in [1.165, 1.54) is 24.0 Å². The SMILES string of the molecule is C=C(C)C[C@@H](C)c1ccc(O[C@@H]2CCN(c3ccnc(NCC4CC4)c3F)C2)cc1. The standard InChI is InChI=1S/C25H32FN3O/c1-17(2)14-18(3)20-6-8-21(9-7-20)30-22-11-13-29(16-22)23-10-12-27-25(24(23)26)28-15-19-4-5-19/h6-10,12,18-19,22H,1,4-5,11,13-16H2,2-3H3,(H,27,28)/t18-,22-/m1/s1. The number of nitrogens with zero attached hydrogens (tertiary/aromatic N) is 2. The lowest BCUT2D eigenvalue weighted by Crippen LogP contribution is -2.25. The van der Waals surface area contributed by atoms with Crippen LogP contribution in [0.1, 0.15) is 51.0 Å². The predicted octanol–water partition coefficient (Wildman–Crippen LogP) is 5.77. The van der Waals surface area contributed by atoms with E-state index in [4.69, 9.17) is 4.74 Å². The molecule has 0 amide bonds. The summed E-state index contributed by atoms with van der Waals surface area (Å²) in [6, 6.07) is 10.1. The third kappa shape index (κ3) is 5.13. The monoisotopic (exact) mass is 409 g/mol. The van der Waals surface area contributed by atoms with Crippen LogP contribution in [0.15, 0.2) is 48.7 Å². The van der Waals surface area contributed by atoms with E-state index in [0.29, 0.717) is 29.9 Å². The number of hydrogen-bond donors (Lipinski definition) is 1. The van der Waals surface area contributed by atoms with Crippen LogP contribution in [0, 0.1) is 11.7 Å². The zero-order valence-corrected chi connectivity index (χ0v) is 18.0. The van der Waals surface area contributed by atoms with Gasteiger partial charge in [0.15, 0.2) is 11.6 Å². The molecule has 160 valence electrons. The highest BCUT2D eigenvalue weighted by molar-refractivity contribution is 5.56. The molecule has 1 aromatic carbocycles. The highest BCUT2D eigenvalue weighted by Crippen LogP contribution is 2.32. The summed E-state index contributed by atoms with van der Waals surface area (Å²) in [5, 5.41) is 3.17. The average Bonchev–Trinajstić information content (AvgIpc) is 3.44. The number of allylic oxidation sites excluding steroid dienone is 1. The first-order valence-corrected chi connectivity index (χ1v) is 11.0. The second kappa shape index (κ2) is 9.07. The maximum atomic E-state index is 14.9. The molecule has 1 saturated heterocycles. The van der Waals surface area contributed by atoms with E-state index in [-0.39, 0.29) is 11.9 Å². The summed E-state index contributed by atoms with van der Waals surface area (Å²) in [5.74, 6) is 2.11. The minimum Gasteiger partial charge on any atom is -0.489 e. The molecule has 1 aliphatic heterocycles. The quantitative estimate of drug-likeness (QED) is 0.534. The topological polar surface area (TPSA) is 37.4 Å². The molecule has 4 rings (SSSR count). The van der Waals surface area contributed by atoms with Crippen LogP contribution >= 0.6 is 0 Å². The number of rotatable bonds is 9. The smallest absolute Gasteiger partial charge is 0.188 e. The molecule has 1 aliphatic carbocycles. The van der Waals surface area contributed by atoms with Crippen LogP contribution in [-0.4, -0.2) is 30.7 Å². The van der Waals surface area contributed by atoms with Crippen molar-refractivity contribution >= 4 is 11.5 Å². The van der Waals surface area contributed by atoms with Gasteiger partial charge in [-0.25, -0.2) is 9.37 Å². The van der Waals surface area contributed by atoms with Crippen LogP contribution in [0.2, 0.25) is 0 Å². The minimum atomic E-state index is -0.255. The Labute approximate surface area is 179 Å². The number of anilines is 2. The molecule has 4 nitrogen and oxygen atoms in total. The third-order valence-electron chi connectivity index (χ3n) is 6.02. The van der Waals surface area contributed by atoms with Gasteiger partial charge in [-0.05, 0) is 61.8 Å². The van der Waals surface area contributed by atoms with E-state index in [0.717, 1.165) is 31.7 Å².